The standard InChI is InChI=1S/C25H29N5O3S.ClH/c1-29(17-12-19-8-10-21(11-9-19)25-27-15-16-28-25)23(31)13-18-30(2)34(32,33)22-7-3-5-20-6-4-14-26-24(20)22;/h3-11,14H,12-13,15-18H2,1-2H3,(H,27,28);1H. The van der Waals surface area contributed by atoms with Gasteiger partial charge in [0.05, 0.1) is 12.1 Å². The average Bonchev–Trinajstić information content (AvgIpc) is 3.40. The molecular weight excluding hydrogens is 486 g/mol. The Morgan fingerprint density at radius 2 is 1.77 bits per heavy atom. The van der Waals surface area contributed by atoms with E-state index >= 15 is 0 Å². The number of amidine groups is 1. The van der Waals surface area contributed by atoms with Gasteiger partial charge < -0.3 is 10.2 Å². The highest BCUT2D eigenvalue weighted by atomic mass is 35.5. The number of pyridine rings is 1. The second-order valence-corrected chi connectivity index (χ2v) is 10.3. The van der Waals surface area contributed by atoms with Crippen molar-refractivity contribution in [2.75, 3.05) is 40.3 Å². The minimum absolute atomic E-state index is 0. The van der Waals surface area contributed by atoms with E-state index < -0.39 is 10.0 Å². The number of halogens is 1. The highest BCUT2D eigenvalue weighted by molar-refractivity contribution is 7.89. The van der Waals surface area contributed by atoms with E-state index in [2.05, 4.69) is 27.4 Å². The van der Waals surface area contributed by atoms with Crippen LogP contribution in [-0.2, 0) is 21.2 Å². The third-order valence-corrected chi connectivity index (χ3v) is 7.88. The first kappa shape index (κ1) is 26.6. The number of sulfonamides is 1. The summed E-state index contributed by atoms with van der Waals surface area (Å²) in [5, 5.41) is 4.01. The Bertz CT molecular complexity index is 1310. The molecule has 35 heavy (non-hydrogen) atoms. The SMILES string of the molecule is CN(CCc1ccc(C2=NCCN2)cc1)C(=O)CCN(C)S(=O)(=O)c1cccc2cccnc12.Cl. The fraction of sp³-hybridized carbons (Fsp3) is 0.320. The second kappa shape index (κ2) is 11.6. The lowest BCUT2D eigenvalue weighted by Gasteiger charge is -2.21. The van der Waals surface area contributed by atoms with Crippen LogP contribution in [0.15, 0.2) is 70.7 Å². The van der Waals surface area contributed by atoms with Crippen molar-refractivity contribution in [3.05, 3.63) is 71.9 Å². The molecule has 0 saturated carbocycles. The van der Waals surface area contributed by atoms with Crippen molar-refractivity contribution in [3.8, 4) is 0 Å². The maximum atomic E-state index is 13.1. The van der Waals surface area contributed by atoms with E-state index in [1.165, 1.54) is 11.4 Å². The van der Waals surface area contributed by atoms with Gasteiger partial charge in [0.15, 0.2) is 0 Å². The molecule has 0 atom stereocenters. The van der Waals surface area contributed by atoms with Gasteiger partial charge in [0.2, 0.25) is 15.9 Å². The fourth-order valence-corrected chi connectivity index (χ4v) is 5.19. The van der Waals surface area contributed by atoms with Gasteiger partial charge in [-0.1, -0.05) is 42.5 Å². The number of nitrogens with one attached hydrogen (secondary N) is 1. The molecule has 1 amide bonds. The van der Waals surface area contributed by atoms with E-state index in [1.54, 1.807) is 36.3 Å². The van der Waals surface area contributed by atoms with Crippen molar-refractivity contribution in [2.24, 2.45) is 4.99 Å². The van der Waals surface area contributed by atoms with Crippen LogP contribution in [0.1, 0.15) is 17.5 Å². The molecule has 0 spiro atoms. The van der Waals surface area contributed by atoms with Gasteiger partial charge in [0, 0.05) is 57.3 Å². The molecular formula is C25H30ClN5O3S. The molecule has 2 aromatic carbocycles. The lowest BCUT2D eigenvalue weighted by molar-refractivity contribution is -0.129. The van der Waals surface area contributed by atoms with Crippen molar-refractivity contribution in [2.45, 2.75) is 17.7 Å². The lowest BCUT2D eigenvalue weighted by Crippen LogP contribution is -2.34. The van der Waals surface area contributed by atoms with Crippen LogP contribution in [0.5, 0.6) is 0 Å². The molecule has 1 aliphatic heterocycles. The molecule has 186 valence electrons. The molecule has 4 rings (SSSR count). The van der Waals surface area contributed by atoms with Gasteiger partial charge >= 0.3 is 0 Å². The maximum Gasteiger partial charge on any atom is 0.244 e. The first-order valence-electron chi connectivity index (χ1n) is 11.3. The van der Waals surface area contributed by atoms with Gasteiger partial charge in [0.1, 0.15) is 10.7 Å². The van der Waals surface area contributed by atoms with Gasteiger partial charge in [-0.15, -0.1) is 12.4 Å². The summed E-state index contributed by atoms with van der Waals surface area (Å²) in [6, 6.07) is 16.9. The van der Waals surface area contributed by atoms with Crippen LogP contribution in [0.2, 0.25) is 0 Å². The molecule has 3 aromatic rings. The van der Waals surface area contributed by atoms with E-state index in [9.17, 15) is 13.2 Å². The Morgan fingerprint density at radius 3 is 2.49 bits per heavy atom. The summed E-state index contributed by atoms with van der Waals surface area (Å²) in [4.78, 5) is 23.1. The summed E-state index contributed by atoms with van der Waals surface area (Å²) >= 11 is 0. The topological polar surface area (TPSA) is 95.0 Å². The van der Waals surface area contributed by atoms with Gasteiger partial charge in [-0.2, -0.15) is 0 Å². The Labute approximate surface area is 212 Å². The van der Waals surface area contributed by atoms with Crippen LogP contribution in [0, 0.1) is 0 Å². The van der Waals surface area contributed by atoms with Gasteiger partial charge in [0.25, 0.3) is 0 Å². The zero-order chi connectivity index (χ0) is 24.1. The zero-order valence-electron chi connectivity index (χ0n) is 19.8. The number of carbonyl (C=O) groups excluding carboxylic acids is 1. The Morgan fingerprint density at radius 1 is 1.03 bits per heavy atom. The Kier molecular flexibility index (Phi) is 8.82. The molecule has 0 aliphatic carbocycles. The molecule has 0 bridgehead atoms. The van der Waals surface area contributed by atoms with Crippen molar-refractivity contribution in [1.82, 2.24) is 19.5 Å². The van der Waals surface area contributed by atoms with Crippen LogP contribution in [0.3, 0.4) is 0 Å². The molecule has 0 unspecified atom stereocenters. The number of benzene rings is 2. The highest BCUT2D eigenvalue weighted by Crippen LogP contribution is 2.23. The fourth-order valence-electron chi connectivity index (χ4n) is 3.86. The Balaban J connectivity index is 0.00000342. The molecule has 0 radical (unpaired) electrons. The third-order valence-electron chi connectivity index (χ3n) is 5.99. The van der Waals surface area contributed by atoms with E-state index in [-0.39, 0.29) is 36.2 Å². The number of amides is 1. The van der Waals surface area contributed by atoms with E-state index in [1.807, 2.05) is 24.3 Å². The molecule has 2 heterocycles. The number of aromatic nitrogens is 1. The second-order valence-electron chi connectivity index (χ2n) is 8.33. The first-order chi connectivity index (χ1) is 16.4. The normalized spacial score (nSPS) is 13.3. The quantitative estimate of drug-likeness (QED) is 0.473. The number of likely N-dealkylation sites (N-methyl/N-ethyl adjacent to an activating group) is 1. The first-order valence-corrected chi connectivity index (χ1v) is 12.7. The number of carbonyl (C=O) groups is 1. The molecule has 0 saturated heterocycles. The minimum Gasteiger partial charge on any atom is -0.368 e. The van der Waals surface area contributed by atoms with Crippen molar-refractivity contribution in [3.63, 3.8) is 0 Å². The number of aliphatic imine (C=N–C) groups is 1. The minimum atomic E-state index is -3.77. The predicted octanol–water partition coefficient (Wildman–Crippen LogP) is 2.72. The number of fused-ring (bicyclic) bond motifs is 1. The van der Waals surface area contributed by atoms with E-state index in [4.69, 9.17) is 0 Å². The average molecular weight is 516 g/mol. The molecule has 1 aliphatic rings. The zero-order valence-corrected chi connectivity index (χ0v) is 21.5. The number of hydrogen-bond donors (Lipinski definition) is 1. The summed E-state index contributed by atoms with van der Waals surface area (Å²) in [5.41, 5.74) is 2.63. The maximum absolute atomic E-state index is 13.1. The van der Waals surface area contributed by atoms with Crippen LogP contribution in [0.4, 0.5) is 0 Å². The number of para-hydroxylation sites is 1. The highest BCUT2D eigenvalue weighted by Gasteiger charge is 2.24. The Hall–Kier alpha value is -3.01. The van der Waals surface area contributed by atoms with Gasteiger partial charge in [-0.05, 0) is 24.1 Å². The third kappa shape index (κ3) is 6.17. The molecule has 10 heteroatoms. The van der Waals surface area contributed by atoms with Crippen LogP contribution >= 0.6 is 12.4 Å². The number of hydrogen-bond acceptors (Lipinski definition) is 6. The van der Waals surface area contributed by atoms with Crippen LogP contribution < -0.4 is 5.32 Å². The predicted molar refractivity (Wildman–Crippen MR) is 141 cm³/mol. The van der Waals surface area contributed by atoms with E-state index in [0.29, 0.717) is 12.1 Å². The summed E-state index contributed by atoms with van der Waals surface area (Å²) in [7, 11) is -0.526. The van der Waals surface area contributed by atoms with Gasteiger partial charge in [-0.25, -0.2) is 12.7 Å². The smallest absolute Gasteiger partial charge is 0.244 e. The molecule has 1 N–H and O–H groups in total. The van der Waals surface area contributed by atoms with Crippen LogP contribution in [0.25, 0.3) is 10.9 Å². The summed E-state index contributed by atoms with van der Waals surface area (Å²) in [6.45, 7) is 2.33. The monoisotopic (exact) mass is 515 g/mol. The molecule has 8 nitrogen and oxygen atoms in total. The number of nitrogens with zero attached hydrogens (tertiary/aromatic N) is 4. The summed E-state index contributed by atoms with van der Waals surface area (Å²) in [6.07, 6.45) is 2.40. The van der Waals surface area contributed by atoms with Crippen LogP contribution in [-0.4, -0.2) is 74.6 Å². The van der Waals surface area contributed by atoms with Crippen molar-refractivity contribution < 1.29 is 13.2 Å². The molecule has 1 aromatic heterocycles. The largest absolute Gasteiger partial charge is 0.368 e. The van der Waals surface area contributed by atoms with E-state index in [0.717, 1.165) is 41.9 Å². The summed E-state index contributed by atoms with van der Waals surface area (Å²) < 4.78 is 27.4. The van der Waals surface area contributed by atoms with Gasteiger partial charge in [-0.3, -0.25) is 14.8 Å². The molecule has 0 fully saturated rings. The van der Waals surface area contributed by atoms with Crippen molar-refractivity contribution >= 4 is 45.1 Å². The number of rotatable bonds is 9. The summed E-state index contributed by atoms with van der Waals surface area (Å²) in [5.74, 6) is 0.830. The van der Waals surface area contributed by atoms with Crippen molar-refractivity contribution in [1.29, 1.82) is 0 Å². The lowest BCUT2D eigenvalue weighted by atomic mass is 10.1.